The number of rotatable bonds is 5. The summed E-state index contributed by atoms with van der Waals surface area (Å²) in [6, 6.07) is 10.5. The van der Waals surface area contributed by atoms with Crippen LogP contribution in [0.25, 0.3) is 22.2 Å². The van der Waals surface area contributed by atoms with Crippen LogP contribution in [0.1, 0.15) is 31.3 Å². The van der Waals surface area contributed by atoms with E-state index in [1.54, 1.807) is 29.5 Å². The summed E-state index contributed by atoms with van der Waals surface area (Å²) in [6.07, 6.45) is 1.58. The van der Waals surface area contributed by atoms with Gasteiger partial charge in [-0.15, -0.1) is 22.7 Å². The first-order valence-corrected chi connectivity index (χ1v) is 9.75. The highest BCUT2D eigenvalue weighted by Crippen LogP contribution is 2.30. The number of methoxy groups -OCH3 is 2. The Balaban J connectivity index is 2.03. The third-order valence-electron chi connectivity index (χ3n) is 3.74. The summed E-state index contributed by atoms with van der Waals surface area (Å²) in [4.78, 5) is 29.4. The second-order valence-electron chi connectivity index (χ2n) is 5.51. The average molecular weight is 410 g/mol. The SMILES string of the molecule is COC(=O)c1cc(C=C(C#N)c2nc(-c3cccs3)cs2)cc(C(=O)OC)c1. The van der Waals surface area contributed by atoms with Crippen LogP contribution >= 0.6 is 22.7 Å². The fraction of sp³-hybridized carbons (Fsp3) is 0.100. The maximum Gasteiger partial charge on any atom is 0.337 e. The van der Waals surface area contributed by atoms with Crippen molar-refractivity contribution in [1.29, 1.82) is 5.26 Å². The third-order valence-corrected chi connectivity index (χ3v) is 5.51. The molecule has 0 fully saturated rings. The van der Waals surface area contributed by atoms with Crippen molar-refractivity contribution in [3.8, 4) is 16.6 Å². The highest BCUT2D eigenvalue weighted by atomic mass is 32.1. The molecule has 0 bridgehead atoms. The largest absolute Gasteiger partial charge is 0.465 e. The van der Waals surface area contributed by atoms with Crippen LogP contribution in [0.5, 0.6) is 0 Å². The van der Waals surface area contributed by atoms with Gasteiger partial charge in [-0.2, -0.15) is 5.26 Å². The standard InChI is InChI=1S/C20H14N2O4S2/c1-25-19(23)13-6-12(7-14(9-13)20(24)26-2)8-15(10-21)18-22-16(11-28-18)17-4-3-5-27-17/h3-9,11H,1-2H3. The average Bonchev–Trinajstić information content (AvgIpc) is 3.42. The molecule has 1 aromatic carbocycles. The van der Waals surface area contributed by atoms with Crippen LogP contribution in [0, 0.1) is 11.3 Å². The summed E-state index contributed by atoms with van der Waals surface area (Å²) in [5, 5.41) is 14.0. The van der Waals surface area contributed by atoms with Crippen LogP contribution in [0.2, 0.25) is 0 Å². The molecule has 0 atom stereocenters. The lowest BCUT2D eigenvalue weighted by molar-refractivity contribution is 0.0599. The van der Waals surface area contributed by atoms with Crippen LogP contribution < -0.4 is 0 Å². The lowest BCUT2D eigenvalue weighted by Crippen LogP contribution is -2.07. The van der Waals surface area contributed by atoms with Crippen LogP contribution in [0.15, 0.2) is 41.1 Å². The molecule has 0 radical (unpaired) electrons. The Labute approximate surface area is 169 Å². The first-order valence-electron chi connectivity index (χ1n) is 7.99. The number of thiophene rings is 1. The fourth-order valence-corrected chi connectivity index (χ4v) is 4.00. The number of carbonyl (C=O) groups excluding carboxylic acids is 2. The number of nitrogens with zero attached hydrogens (tertiary/aromatic N) is 2. The van der Waals surface area contributed by atoms with Gasteiger partial charge in [0.25, 0.3) is 0 Å². The molecule has 140 valence electrons. The normalized spacial score (nSPS) is 11.0. The van der Waals surface area contributed by atoms with E-state index in [-0.39, 0.29) is 11.1 Å². The van der Waals surface area contributed by atoms with E-state index in [9.17, 15) is 14.9 Å². The van der Waals surface area contributed by atoms with E-state index in [4.69, 9.17) is 9.47 Å². The minimum Gasteiger partial charge on any atom is -0.465 e. The molecule has 0 unspecified atom stereocenters. The van der Waals surface area contributed by atoms with Gasteiger partial charge in [0, 0.05) is 5.38 Å². The summed E-state index contributed by atoms with van der Waals surface area (Å²) in [6.45, 7) is 0. The summed E-state index contributed by atoms with van der Waals surface area (Å²) in [5.74, 6) is -1.18. The van der Waals surface area contributed by atoms with Gasteiger partial charge >= 0.3 is 11.9 Å². The zero-order chi connectivity index (χ0) is 20.1. The van der Waals surface area contributed by atoms with Crippen molar-refractivity contribution in [3.63, 3.8) is 0 Å². The van der Waals surface area contributed by atoms with E-state index in [0.717, 1.165) is 10.6 Å². The van der Waals surface area contributed by atoms with Gasteiger partial charge in [-0.1, -0.05) is 6.07 Å². The molecule has 28 heavy (non-hydrogen) atoms. The molecule has 3 rings (SSSR count). The summed E-state index contributed by atoms with van der Waals surface area (Å²) in [7, 11) is 2.51. The maximum atomic E-state index is 11.9. The monoisotopic (exact) mass is 410 g/mol. The number of hydrogen-bond acceptors (Lipinski definition) is 8. The van der Waals surface area contributed by atoms with Crippen molar-refractivity contribution in [2.24, 2.45) is 0 Å². The number of aromatic nitrogens is 1. The van der Waals surface area contributed by atoms with Crippen LogP contribution in [0.3, 0.4) is 0 Å². The molecule has 0 aliphatic rings. The van der Waals surface area contributed by atoms with Crippen molar-refractivity contribution < 1.29 is 19.1 Å². The Kier molecular flexibility index (Phi) is 5.99. The van der Waals surface area contributed by atoms with Crippen molar-refractivity contribution in [2.75, 3.05) is 14.2 Å². The highest BCUT2D eigenvalue weighted by molar-refractivity contribution is 7.14. The van der Waals surface area contributed by atoms with E-state index in [1.807, 2.05) is 22.9 Å². The first-order chi connectivity index (χ1) is 13.5. The predicted octanol–water partition coefficient (Wildman–Crippen LogP) is 4.51. The van der Waals surface area contributed by atoms with Crippen molar-refractivity contribution >= 4 is 46.3 Å². The molecular weight excluding hydrogens is 396 g/mol. The Morgan fingerprint density at radius 3 is 2.32 bits per heavy atom. The lowest BCUT2D eigenvalue weighted by Gasteiger charge is -2.06. The van der Waals surface area contributed by atoms with Gasteiger partial charge in [0.2, 0.25) is 0 Å². The number of allylic oxidation sites excluding steroid dienone is 1. The number of thiazole rings is 1. The number of ether oxygens (including phenoxy) is 2. The van der Waals surface area contributed by atoms with Gasteiger partial charge in [0.1, 0.15) is 11.1 Å². The lowest BCUT2D eigenvalue weighted by atomic mass is 10.0. The second kappa shape index (κ2) is 8.61. The summed E-state index contributed by atoms with van der Waals surface area (Å²) in [5.41, 5.74) is 1.99. The predicted molar refractivity (Wildman–Crippen MR) is 108 cm³/mol. The Bertz CT molecular complexity index is 1060. The molecule has 2 aromatic heterocycles. The van der Waals surface area contributed by atoms with Crippen molar-refractivity contribution in [3.05, 3.63) is 62.8 Å². The molecule has 2 heterocycles. The van der Waals surface area contributed by atoms with Crippen LogP contribution in [0.4, 0.5) is 0 Å². The zero-order valence-corrected chi connectivity index (χ0v) is 16.6. The van der Waals surface area contributed by atoms with Gasteiger partial charge < -0.3 is 9.47 Å². The maximum absolute atomic E-state index is 11.9. The Morgan fingerprint density at radius 1 is 1.11 bits per heavy atom. The molecule has 0 saturated carbocycles. The van der Waals surface area contributed by atoms with E-state index in [1.165, 1.54) is 31.6 Å². The second-order valence-corrected chi connectivity index (χ2v) is 7.32. The zero-order valence-electron chi connectivity index (χ0n) is 15.0. The molecule has 6 nitrogen and oxygen atoms in total. The smallest absolute Gasteiger partial charge is 0.337 e. The van der Waals surface area contributed by atoms with Gasteiger partial charge in [0.15, 0.2) is 0 Å². The molecule has 3 aromatic rings. The van der Waals surface area contributed by atoms with Gasteiger partial charge in [-0.3, -0.25) is 0 Å². The van der Waals surface area contributed by atoms with Crippen LogP contribution in [-0.2, 0) is 9.47 Å². The minimum atomic E-state index is -0.590. The van der Waals surface area contributed by atoms with E-state index < -0.39 is 11.9 Å². The van der Waals surface area contributed by atoms with E-state index >= 15 is 0 Å². The molecule has 0 amide bonds. The Hall–Kier alpha value is -3.28. The number of esters is 2. The van der Waals surface area contributed by atoms with Crippen molar-refractivity contribution in [2.45, 2.75) is 0 Å². The molecule has 0 aliphatic heterocycles. The quantitative estimate of drug-likeness (QED) is 0.454. The molecule has 0 N–H and O–H groups in total. The summed E-state index contributed by atoms with van der Waals surface area (Å²) >= 11 is 2.92. The fourth-order valence-electron chi connectivity index (χ4n) is 2.45. The Morgan fingerprint density at radius 2 is 1.79 bits per heavy atom. The van der Waals surface area contributed by atoms with Gasteiger partial charge in [0.05, 0.1) is 41.5 Å². The highest BCUT2D eigenvalue weighted by Gasteiger charge is 2.15. The number of hydrogen-bond donors (Lipinski definition) is 0. The number of benzene rings is 1. The van der Waals surface area contributed by atoms with Crippen LogP contribution in [-0.4, -0.2) is 31.1 Å². The van der Waals surface area contributed by atoms with Gasteiger partial charge in [-0.25, -0.2) is 14.6 Å². The summed E-state index contributed by atoms with van der Waals surface area (Å²) < 4.78 is 9.47. The van der Waals surface area contributed by atoms with E-state index in [2.05, 4.69) is 11.1 Å². The molecular formula is C20H14N2O4S2. The molecule has 0 spiro atoms. The van der Waals surface area contributed by atoms with Gasteiger partial charge in [-0.05, 0) is 41.3 Å². The number of nitriles is 1. The number of carbonyl (C=O) groups is 2. The van der Waals surface area contributed by atoms with Crippen molar-refractivity contribution in [1.82, 2.24) is 4.98 Å². The molecule has 0 aliphatic carbocycles. The molecule has 0 saturated heterocycles. The van der Waals surface area contributed by atoms with E-state index in [0.29, 0.717) is 16.1 Å². The molecule has 8 heteroatoms. The third kappa shape index (κ3) is 4.17. The topological polar surface area (TPSA) is 89.3 Å². The minimum absolute atomic E-state index is 0.187. The first kappa shape index (κ1) is 19.5.